The first kappa shape index (κ1) is 18.5. The number of aromatic amines is 1. The number of benzene rings is 1. The van der Waals surface area contributed by atoms with Gasteiger partial charge in [0.05, 0.1) is 0 Å². The fourth-order valence-electron chi connectivity index (χ4n) is 4.24. The van der Waals surface area contributed by atoms with E-state index >= 15 is 0 Å². The third kappa shape index (κ3) is 3.89. The van der Waals surface area contributed by atoms with Crippen molar-refractivity contribution in [2.75, 3.05) is 0 Å². The van der Waals surface area contributed by atoms with Gasteiger partial charge in [0, 0.05) is 35.6 Å². The molecule has 1 aromatic heterocycles. The predicted octanol–water partition coefficient (Wildman–Crippen LogP) is 3.53. The number of hydrogen-bond acceptors (Lipinski definition) is 3. The molecule has 3 heterocycles. The monoisotopic (exact) mass is 450 g/mol. The Morgan fingerprint density at radius 1 is 1.26 bits per heavy atom. The number of carbonyl (C=O) groups excluding carboxylic acids is 2. The topological polar surface area (TPSA) is 78.1 Å². The van der Waals surface area contributed by atoms with Gasteiger partial charge < -0.3 is 10.2 Å². The zero-order chi connectivity index (χ0) is 19.0. The lowest BCUT2D eigenvalue weighted by molar-refractivity contribution is -0.127. The number of nitrogens with zero attached hydrogens (tertiary/aromatic N) is 2. The third-order valence-corrected chi connectivity index (χ3v) is 6.10. The van der Waals surface area contributed by atoms with E-state index in [0.29, 0.717) is 34.7 Å². The Labute approximate surface area is 170 Å². The summed E-state index contributed by atoms with van der Waals surface area (Å²) >= 11 is 9.28. The highest BCUT2D eigenvalue weighted by atomic mass is 79.9. The van der Waals surface area contributed by atoms with Crippen molar-refractivity contribution in [1.82, 2.24) is 20.4 Å². The summed E-state index contributed by atoms with van der Waals surface area (Å²) in [6.45, 7) is 0.467. The Hall–Kier alpha value is -1.86. The summed E-state index contributed by atoms with van der Waals surface area (Å²) in [5.74, 6) is -0.0552. The molecular formula is C19H20BrClN4O2. The van der Waals surface area contributed by atoms with Crippen LogP contribution in [0.15, 0.2) is 34.9 Å². The zero-order valence-electron chi connectivity index (χ0n) is 14.6. The highest BCUT2D eigenvalue weighted by Crippen LogP contribution is 2.39. The summed E-state index contributed by atoms with van der Waals surface area (Å²) in [6.07, 6.45) is 3.30. The Bertz CT molecular complexity index is 857. The first-order chi connectivity index (χ1) is 13.0. The van der Waals surface area contributed by atoms with Gasteiger partial charge in [-0.15, -0.1) is 0 Å². The summed E-state index contributed by atoms with van der Waals surface area (Å²) in [5, 5.41) is 10.5. The van der Waals surface area contributed by atoms with Crippen LogP contribution < -0.4 is 5.32 Å². The standard InChI is InChI=1S/C19H20BrClN4O2/c20-17-9-16(23-24-17)19(27)25-14-4-5-15(25)8-12(7-14)18(26)22-10-11-2-1-3-13(21)6-11/h1-3,6,9,12,14-15H,4-5,7-8,10H2,(H,22,26)(H,23,24). The third-order valence-electron chi connectivity index (χ3n) is 5.46. The molecule has 27 heavy (non-hydrogen) atoms. The lowest BCUT2D eigenvalue weighted by atomic mass is 9.89. The molecule has 0 spiro atoms. The van der Waals surface area contributed by atoms with Crippen LogP contribution in [0.5, 0.6) is 0 Å². The SMILES string of the molecule is O=C(NCc1cccc(Cl)c1)C1CC2CCC(C1)N2C(=O)c1cc(Br)[nH]n1. The molecule has 2 saturated heterocycles. The normalized spacial score (nSPS) is 24.1. The minimum absolute atomic E-state index is 0.0535. The number of halogens is 2. The summed E-state index contributed by atoms with van der Waals surface area (Å²) in [7, 11) is 0. The number of aromatic nitrogens is 2. The molecule has 2 aromatic rings. The fourth-order valence-corrected chi connectivity index (χ4v) is 4.76. The van der Waals surface area contributed by atoms with Crippen molar-refractivity contribution in [3.8, 4) is 0 Å². The Morgan fingerprint density at radius 3 is 2.63 bits per heavy atom. The highest BCUT2D eigenvalue weighted by Gasteiger charge is 2.45. The van der Waals surface area contributed by atoms with Crippen LogP contribution in [0.4, 0.5) is 0 Å². The van der Waals surface area contributed by atoms with Crippen LogP contribution in [-0.4, -0.2) is 39.0 Å². The van der Waals surface area contributed by atoms with Crippen LogP contribution in [0, 0.1) is 5.92 Å². The molecule has 8 heteroatoms. The Balaban J connectivity index is 1.38. The van der Waals surface area contributed by atoms with E-state index < -0.39 is 0 Å². The molecule has 2 bridgehead atoms. The molecule has 0 radical (unpaired) electrons. The largest absolute Gasteiger partial charge is 0.352 e. The van der Waals surface area contributed by atoms with Crippen LogP contribution in [0.2, 0.25) is 5.02 Å². The first-order valence-corrected chi connectivity index (χ1v) is 10.2. The van der Waals surface area contributed by atoms with Crippen LogP contribution in [0.25, 0.3) is 0 Å². The predicted molar refractivity (Wildman–Crippen MR) is 105 cm³/mol. The maximum atomic E-state index is 12.8. The number of amides is 2. The summed E-state index contributed by atoms with van der Waals surface area (Å²) in [6, 6.07) is 9.40. The molecule has 2 fully saturated rings. The minimum Gasteiger partial charge on any atom is -0.352 e. The van der Waals surface area contributed by atoms with E-state index in [2.05, 4.69) is 31.4 Å². The molecule has 0 saturated carbocycles. The van der Waals surface area contributed by atoms with Crippen molar-refractivity contribution in [3.05, 3.63) is 51.2 Å². The number of carbonyl (C=O) groups is 2. The molecule has 2 amide bonds. The van der Waals surface area contributed by atoms with Gasteiger partial charge >= 0.3 is 0 Å². The maximum Gasteiger partial charge on any atom is 0.274 e. The fraction of sp³-hybridized carbons (Fsp3) is 0.421. The quantitative estimate of drug-likeness (QED) is 0.746. The van der Waals surface area contributed by atoms with E-state index in [-0.39, 0.29) is 29.8 Å². The number of nitrogens with one attached hydrogen (secondary N) is 2. The molecule has 1 aromatic carbocycles. The molecule has 6 nitrogen and oxygen atoms in total. The van der Waals surface area contributed by atoms with Gasteiger partial charge in [-0.2, -0.15) is 5.10 Å². The Kier molecular flexibility index (Phi) is 5.23. The van der Waals surface area contributed by atoms with Crippen LogP contribution in [0.3, 0.4) is 0 Å². The number of fused-ring (bicyclic) bond motifs is 2. The number of piperidine rings is 1. The van der Waals surface area contributed by atoms with Crippen LogP contribution in [0.1, 0.15) is 41.7 Å². The van der Waals surface area contributed by atoms with Gasteiger partial charge in [0.1, 0.15) is 4.60 Å². The average molecular weight is 452 g/mol. The molecule has 2 N–H and O–H groups in total. The number of H-pyrrole nitrogens is 1. The molecule has 2 unspecified atom stereocenters. The summed E-state index contributed by atoms with van der Waals surface area (Å²) in [4.78, 5) is 27.4. The second kappa shape index (κ2) is 7.64. The number of rotatable bonds is 4. The lowest BCUT2D eigenvalue weighted by Crippen LogP contribution is -2.49. The van der Waals surface area contributed by atoms with Gasteiger partial charge in [0.2, 0.25) is 5.91 Å². The van der Waals surface area contributed by atoms with Crippen molar-refractivity contribution in [1.29, 1.82) is 0 Å². The molecule has 2 aliphatic rings. The van der Waals surface area contributed by atoms with Crippen molar-refractivity contribution in [2.45, 2.75) is 44.3 Å². The van der Waals surface area contributed by atoms with Crippen LogP contribution in [-0.2, 0) is 11.3 Å². The first-order valence-electron chi connectivity index (χ1n) is 9.07. The maximum absolute atomic E-state index is 12.8. The minimum atomic E-state index is -0.0587. The van der Waals surface area contributed by atoms with Crippen LogP contribution >= 0.6 is 27.5 Å². The van der Waals surface area contributed by atoms with E-state index in [1.54, 1.807) is 6.07 Å². The van der Waals surface area contributed by atoms with E-state index in [9.17, 15) is 9.59 Å². The summed E-state index contributed by atoms with van der Waals surface area (Å²) in [5.41, 5.74) is 1.40. The Morgan fingerprint density at radius 2 is 2.00 bits per heavy atom. The van der Waals surface area contributed by atoms with Gasteiger partial charge in [0.15, 0.2) is 5.69 Å². The smallest absolute Gasteiger partial charge is 0.274 e. The van der Waals surface area contributed by atoms with E-state index in [4.69, 9.17) is 11.6 Å². The van der Waals surface area contributed by atoms with Gasteiger partial charge in [-0.25, -0.2) is 0 Å². The molecule has 4 rings (SSSR count). The number of hydrogen-bond donors (Lipinski definition) is 2. The summed E-state index contributed by atoms with van der Waals surface area (Å²) < 4.78 is 0.688. The highest BCUT2D eigenvalue weighted by molar-refractivity contribution is 9.10. The second-order valence-corrected chi connectivity index (χ2v) is 8.51. The van der Waals surface area contributed by atoms with Crippen molar-refractivity contribution in [2.24, 2.45) is 5.92 Å². The van der Waals surface area contributed by atoms with E-state index in [1.807, 2.05) is 29.2 Å². The molecular weight excluding hydrogens is 432 g/mol. The van der Waals surface area contributed by atoms with Gasteiger partial charge in [-0.1, -0.05) is 23.7 Å². The molecule has 2 atom stereocenters. The van der Waals surface area contributed by atoms with Crippen molar-refractivity contribution < 1.29 is 9.59 Å². The van der Waals surface area contributed by atoms with E-state index in [0.717, 1.165) is 18.4 Å². The van der Waals surface area contributed by atoms with Gasteiger partial charge in [-0.3, -0.25) is 14.7 Å². The zero-order valence-corrected chi connectivity index (χ0v) is 17.0. The molecule has 2 aliphatic heterocycles. The molecule has 142 valence electrons. The van der Waals surface area contributed by atoms with Gasteiger partial charge in [-0.05, 0) is 59.3 Å². The van der Waals surface area contributed by atoms with E-state index in [1.165, 1.54) is 0 Å². The average Bonchev–Trinajstić information content (AvgIpc) is 3.19. The second-order valence-electron chi connectivity index (χ2n) is 7.21. The lowest BCUT2D eigenvalue weighted by Gasteiger charge is -2.38. The van der Waals surface area contributed by atoms with Crippen molar-refractivity contribution in [3.63, 3.8) is 0 Å². The van der Waals surface area contributed by atoms with Gasteiger partial charge in [0.25, 0.3) is 5.91 Å². The van der Waals surface area contributed by atoms with Crippen molar-refractivity contribution >= 4 is 39.3 Å². The molecule has 0 aliphatic carbocycles.